The number of hydrogen-bond donors (Lipinski definition) is 2. The Labute approximate surface area is 81.9 Å². The van der Waals surface area contributed by atoms with Crippen LogP contribution in [-0.2, 0) is 0 Å². The summed E-state index contributed by atoms with van der Waals surface area (Å²) in [5, 5.41) is 8.69. The van der Waals surface area contributed by atoms with Crippen molar-refractivity contribution in [1.82, 2.24) is 4.90 Å². The van der Waals surface area contributed by atoms with Gasteiger partial charge >= 0.3 is 0 Å². The van der Waals surface area contributed by atoms with Crippen LogP contribution in [0.1, 0.15) is 33.1 Å². The molecule has 3 N–H and O–H groups in total. The summed E-state index contributed by atoms with van der Waals surface area (Å²) >= 11 is 0. The molecule has 13 heavy (non-hydrogen) atoms. The van der Waals surface area contributed by atoms with Crippen molar-refractivity contribution in [1.29, 1.82) is 0 Å². The third-order valence-electron chi connectivity index (χ3n) is 2.48. The van der Waals surface area contributed by atoms with Gasteiger partial charge in [-0.15, -0.1) is 0 Å². The highest BCUT2D eigenvalue weighted by Gasteiger charge is 2.11. The predicted molar refractivity (Wildman–Crippen MR) is 56.7 cm³/mol. The summed E-state index contributed by atoms with van der Waals surface area (Å²) in [5.74, 6) is 0. The Balaban J connectivity index is 3.64. The van der Waals surface area contributed by atoms with E-state index in [0.29, 0.717) is 12.5 Å². The average Bonchev–Trinajstić information content (AvgIpc) is 2.05. The smallest absolute Gasteiger partial charge is 0.0446 e. The lowest BCUT2D eigenvalue weighted by atomic mass is 10.1. The van der Waals surface area contributed by atoms with Crippen LogP contribution in [-0.4, -0.2) is 42.3 Å². The molecule has 0 amide bonds. The molecule has 2 unspecified atom stereocenters. The van der Waals surface area contributed by atoms with E-state index in [1.807, 2.05) is 0 Å². The van der Waals surface area contributed by atoms with Gasteiger partial charge in [0.15, 0.2) is 0 Å². The van der Waals surface area contributed by atoms with Gasteiger partial charge < -0.3 is 15.7 Å². The van der Waals surface area contributed by atoms with Crippen LogP contribution < -0.4 is 5.73 Å². The minimum Gasteiger partial charge on any atom is -0.396 e. The molecule has 0 rings (SSSR count). The molecule has 0 heterocycles. The third kappa shape index (κ3) is 6.02. The summed E-state index contributed by atoms with van der Waals surface area (Å²) in [6.45, 7) is 5.48. The Hall–Kier alpha value is -0.120. The van der Waals surface area contributed by atoms with Crippen LogP contribution in [0.2, 0.25) is 0 Å². The van der Waals surface area contributed by atoms with Gasteiger partial charge in [-0.05, 0) is 26.8 Å². The summed E-state index contributed by atoms with van der Waals surface area (Å²) in [6, 6.07) is 0.698. The number of aliphatic hydroxyl groups excluding tert-OH is 1. The summed E-state index contributed by atoms with van der Waals surface area (Å²) in [5.41, 5.74) is 5.82. The maximum Gasteiger partial charge on any atom is 0.0446 e. The SMILES string of the molecule is CCCC(C)N(C)CC(N)CCO. The summed E-state index contributed by atoms with van der Waals surface area (Å²) < 4.78 is 0. The van der Waals surface area contributed by atoms with E-state index in [0.717, 1.165) is 6.54 Å². The first kappa shape index (κ1) is 12.9. The van der Waals surface area contributed by atoms with Crippen LogP contribution in [0.25, 0.3) is 0 Å². The number of nitrogens with two attached hydrogens (primary N) is 1. The molecule has 0 fully saturated rings. The zero-order chi connectivity index (χ0) is 10.3. The van der Waals surface area contributed by atoms with Gasteiger partial charge in [-0.25, -0.2) is 0 Å². The molecule has 3 heteroatoms. The van der Waals surface area contributed by atoms with Crippen molar-refractivity contribution in [2.24, 2.45) is 5.73 Å². The van der Waals surface area contributed by atoms with E-state index < -0.39 is 0 Å². The maximum absolute atomic E-state index is 8.69. The van der Waals surface area contributed by atoms with Gasteiger partial charge in [0.05, 0.1) is 0 Å². The van der Waals surface area contributed by atoms with Crippen LogP contribution in [0.4, 0.5) is 0 Å². The number of aliphatic hydroxyl groups is 1. The summed E-state index contributed by atoms with van der Waals surface area (Å²) in [7, 11) is 2.09. The van der Waals surface area contributed by atoms with Gasteiger partial charge in [-0.2, -0.15) is 0 Å². The zero-order valence-electron chi connectivity index (χ0n) is 9.16. The molecule has 0 aromatic carbocycles. The molecule has 0 aliphatic rings. The van der Waals surface area contributed by atoms with E-state index in [-0.39, 0.29) is 12.6 Å². The van der Waals surface area contributed by atoms with Crippen molar-refractivity contribution < 1.29 is 5.11 Å². The lowest BCUT2D eigenvalue weighted by molar-refractivity contribution is 0.208. The molecule has 0 aliphatic heterocycles. The topological polar surface area (TPSA) is 49.5 Å². The minimum atomic E-state index is 0.106. The molecule has 3 nitrogen and oxygen atoms in total. The molecule has 0 aromatic rings. The largest absolute Gasteiger partial charge is 0.396 e. The molecule has 0 aliphatic carbocycles. The van der Waals surface area contributed by atoms with Crippen LogP contribution in [0, 0.1) is 0 Å². The van der Waals surface area contributed by atoms with Gasteiger partial charge in [0, 0.05) is 25.2 Å². The second-order valence-electron chi connectivity index (χ2n) is 3.85. The molecule has 0 aromatic heterocycles. The number of likely N-dealkylation sites (N-methyl/N-ethyl adjacent to an activating group) is 1. The molecule has 0 radical (unpaired) electrons. The summed E-state index contributed by atoms with van der Waals surface area (Å²) in [4.78, 5) is 2.27. The van der Waals surface area contributed by atoms with Gasteiger partial charge in [0.25, 0.3) is 0 Å². The predicted octanol–water partition coefficient (Wildman–Crippen LogP) is 0.817. The third-order valence-corrected chi connectivity index (χ3v) is 2.48. The summed E-state index contributed by atoms with van der Waals surface area (Å²) in [6.07, 6.45) is 3.12. The second kappa shape index (κ2) is 7.30. The Kier molecular flexibility index (Phi) is 7.23. The lowest BCUT2D eigenvalue weighted by Crippen LogP contribution is -2.40. The molecule has 0 spiro atoms. The minimum absolute atomic E-state index is 0.106. The standard InChI is InChI=1S/C10H24N2O/c1-4-5-9(2)12(3)8-10(11)6-7-13/h9-10,13H,4-8,11H2,1-3H3. The first-order chi connectivity index (χ1) is 6.11. The normalized spacial score (nSPS) is 16.2. The van der Waals surface area contributed by atoms with Gasteiger partial charge in [0.2, 0.25) is 0 Å². The van der Waals surface area contributed by atoms with Crippen molar-refractivity contribution >= 4 is 0 Å². The Morgan fingerprint density at radius 2 is 2.00 bits per heavy atom. The zero-order valence-corrected chi connectivity index (χ0v) is 9.16. The average molecular weight is 188 g/mol. The van der Waals surface area contributed by atoms with Crippen molar-refractivity contribution in [2.45, 2.75) is 45.2 Å². The van der Waals surface area contributed by atoms with E-state index in [2.05, 4.69) is 25.8 Å². The van der Waals surface area contributed by atoms with E-state index >= 15 is 0 Å². The highest BCUT2D eigenvalue weighted by molar-refractivity contribution is 4.69. The highest BCUT2D eigenvalue weighted by Crippen LogP contribution is 2.04. The maximum atomic E-state index is 8.69. The highest BCUT2D eigenvalue weighted by atomic mass is 16.3. The fourth-order valence-electron chi connectivity index (χ4n) is 1.45. The first-order valence-electron chi connectivity index (χ1n) is 5.18. The second-order valence-corrected chi connectivity index (χ2v) is 3.85. The Morgan fingerprint density at radius 1 is 1.38 bits per heavy atom. The fraction of sp³-hybridized carbons (Fsp3) is 1.00. The van der Waals surface area contributed by atoms with Crippen molar-refractivity contribution in [2.75, 3.05) is 20.2 Å². The molecule has 0 bridgehead atoms. The fourth-order valence-corrected chi connectivity index (χ4v) is 1.45. The monoisotopic (exact) mass is 188 g/mol. The van der Waals surface area contributed by atoms with Crippen molar-refractivity contribution in [3.05, 3.63) is 0 Å². The first-order valence-corrected chi connectivity index (χ1v) is 5.18. The van der Waals surface area contributed by atoms with E-state index in [1.54, 1.807) is 0 Å². The van der Waals surface area contributed by atoms with Crippen LogP contribution in [0.5, 0.6) is 0 Å². The van der Waals surface area contributed by atoms with Crippen LogP contribution in [0.15, 0.2) is 0 Å². The van der Waals surface area contributed by atoms with E-state index in [9.17, 15) is 0 Å². The van der Waals surface area contributed by atoms with Gasteiger partial charge in [-0.3, -0.25) is 0 Å². The van der Waals surface area contributed by atoms with Gasteiger partial charge in [0.1, 0.15) is 0 Å². The van der Waals surface area contributed by atoms with Crippen LogP contribution >= 0.6 is 0 Å². The molecule has 0 saturated heterocycles. The Bertz CT molecular complexity index is 119. The van der Waals surface area contributed by atoms with E-state index in [1.165, 1.54) is 12.8 Å². The quantitative estimate of drug-likeness (QED) is 0.622. The molecule has 80 valence electrons. The van der Waals surface area contributed by atoms with Gasteiger partial charge in [-0.1, -0.05) is 13.3 Å². The van der Waals surface area contributed by atoms with Crippen molar-refractivity contribution in [3.63, 3.8) is 0 Å². The molecular weight excluding hydrogens is 164 g/mol. The van der Waals surface area contributed by atoms with E-state index in [4.69, 9.17) is 10.8 Å². The van der Waals surface area contributed by atoms with Crippen molar-refractivity contribution in [3.8, 4) is 0 Å². The van der Waals surface area contributed by atoms with Crippen LogP contribution in [0.3, 0.4) is 0 Å². The lowest BCUT2D eigenvalue weighted by Gasteiger charge is -2.26. The molecular formula is C10H24N2O. The Morgan fingerprint density at radius 3 is 2.46 bits per heavy atom. The molecule has 0 saturated carbocycles. The molecule has 2 atom stereocenters. The number of nitrogens with zero attached hydrogens (tertiary/aromatic N) is 1. The number of hydrogen-bond acceptors (Lipinski definition) is 3. The number of rotatable bonds is 7.